The molecule has 0 saturated heterocycles. The molecule has 3 rings (SSSR count). The molecule has 0 saturated carbocycles. The van der Waals surface area contributed by atoms with Crippen molar-refractivity contribution in [3.63, 3.8) is 0 Å². The molecule has 27 heavy (non-hydrogen) atoms. The van der Waals surface area contributed by atoms with Gasteiger partial charge in [-0.3, -0.25) is 25.1 Å². The number of hydrogen-bond acceptors (Lipinski definition) is 6. The van der Waals surface area contributed by atoms with E-state index < -0.39 is 16.4 Å². The zero-order chi connectivity index (χ0) is 19.8. The average Bonchev–Trinajstić information content (AvgIpc) is 3.03. The fraction of sp³-hybridized carbons (Fsp3) is 0.294. The summed E-state index contributed by atoms with van der Waals surface area (Å²) < 4.78 is 2.65. The Morgan fingerprint density at radius 1 is 1.26 bits per heavy atom. The van der Waals surface area contributed by atoms with Gasteiger partial charge >= 0.3 is 0 Å². The van der Waals surface area contributed by atoms with E-state index in [2.05, 4.69) is 15.5 Å². The van der Waals surface area contributed by atoms with Gasteiger partial charge in [-0.2, -0.15) is 5.10 Å². The summed E-state index contributed by atoms with van der Waals surface area (Å²) in [6, 6.07) is 5.64. The highest BCUT2D eigenvalue weighted by molar-refractivity contribution is 5.86. The van der Waals surface area contributed by atoms with Crippen LogP contribution >= 0.6 is 0 Å². The number of nitro benzene ring substituents is 1. The molecule has 0 unspecified atom stereocenters. The van der Waals surface area contributed by atoms with Gasteiger partial charge < -0.3 is 0 Å². The molecule has 10 heteroatoms. The average molecular weight is 370 g/mol. The summed E-state index contributed by atoms with van der Waals surface area (Å²) in [7, 11) is 0. The van der Waals surface area contributed by atoms with Crippen molar-refractivity contribution >= 4 is 22.6 Å². The summed E-state index contributed by atoms with van der Waals surface area (Å²) >= 11 is 0. The third-order valence-corrected chi connectivity index (χ3v) is 3.88. The Morgan fingerprint density at radius 3 is 2.52 bits per heavy atom. The Hall–Kier alpha value is -3.56. The van der Waals surface area contributed by atoms with E-state index in [1.165, 1.54) is 36.8 Å². The number of aromatic nitrogens is 4. The number of nitrogens with zero attached hydrogens (tertiary/aromatic N) is 5. The summed E-state index contributed by atoms with van der Waals surface area (Å²) in [5.41, 5.74) is 2.66. The summed E-state index contributed by atoms with van der Waals surface area (Å²) in [5.74, 6) is -0.449. The van der Waals surface area contributed by atoms with Crippen LogP contribution in [0.4, 0.5) is 5.69 Å². The lowest BCUT2D eigenvalue weighted by Crippen LogP contribution is -2.34. The number of amides is 1. The number of carbonyl (C=O) groups is 1. The second kappa shape index (κ2) is 6.63. The van der Waals surface area contributed by atoms with E-state index >= 15 is 0 Å². The molecule has 0 spiro atoms. The number of nitro groups is 1. The molecule has 0 radical (unpaired) electrons. The predicted molar refractivity (Wildman–Crippen MR) is 98.0 cm³/mol. The Kier molecular flexibility index (Phi) is 4.48. The first-order valence-corrected chi connectivity index (χ1v) is 8.16. The zero-order valence-electron chi connectivity index (χ0n) is 15.0. The number of nitrogens with one attached hydrogen (secondary N) is 1. The van der Waals surface area contributed by atoms with Gasteiger partial charge in [0.25, 0.3) is 11.2 Å². The standard InChI is InChI=1S/C17H18N6O4/c1-17(2,3)22-15-13(9-19-22)16(25)21(10-18-15)20-14(24)8-11-4-6-12(7-5-11)23(26)27/h4-7,9-10H,8H2,1-3H3,(H,20,24). The molecule has 0 bridgehead atoms. The van der Waals surface area contributed by atoms with E-state index in [0.717, 1.165) is 4.68 Å². The molecule has 1 amide bonds. The first-order valence-electron chi connectivity index (χ1n) is 8.16. The van der Waals surface area contributed by atoms with Crippen LogP contribution in [-0.2, 0) is 16.8 Å². The highest BCUT2D eigenvalue weighted by Gasteiger charge is 2.20. The van der Waals surface area contributed by atoms with Crippen LogP contribution in [0, 0.1) is 10.1 Å². The smallest absolute Gasteiger partial charge is 0.273 e. The van der Waals surface area contributed by atoms with Crippen molar-refractivity contribution in [3.8, 4) is 0 Å². The van der Waals surface area contributed by atoms with Crippen molar-refractivity contribution in [1.29, 1.82) is 0 Å². The highest BCUT2D eigenvalue weighted by atomic mass is 16.6. The Bertz CT molecular complexity index is 1080. The molecule has 2 aromatic heterocycles. The molecule has 1 N–H and O–H groups in total. The monoisotopic (exact) mass is 370 g/mol. The molecule has 10 nitrogen and oxygen atoms in total. The molecular formula is C17H18N6O4. The van der Waals surface area contributed by atoms with Gasteiger partial charge in [0.05, 0.1) is 23.1 Å². The van der Waals surface area contributed by atoms with Gasteiger partial charge in [0, 0.05) is 12.1 Å². The molecule has 0 aliphatic heterocycles. The van der Waals surface area contributed by atoms with Gasteiger partial charge in [-0.15, -0.1) is 0 Å². The van der Waals surface area contributed by atoms with Gasteiger partial charge in [0.1, 0.15) is 11.7 Å². The second-order valence-electron chi connectivity index (χ2n) is 7.02. The molecule has 3 aromatic rings. The van der Waals surface area contributed by atoms with Crippen LogP contribution < -0.4 is 11.0 Å². The van der Waals surface area contributed by atoms with Crippen LogP contribution in [0.15, 0.2) is 41.6 Å². The maximum absolute atomic E-state index is 12.6. The number of benzene rings is 1. The fourth-order valence-electron chi connectivity index (χ4n) is 2.58. The van der Waals surface area contributed by atoms with E-state index in [0.29, 0.717) is 16.6 Å². The molecule has 0 aliphatic rings. The van der Waals surface area contributed by atoms with Gasteiger partial charge in [0.2, 0.25) is 5.91 Å². The lowest BCUT2D eigenvalue weighted by atomic mass is 10.1. The third-order valence-electron chi connectivity index (χ3n) is 3.88. The van der Waals surface area contributed by atoms with E-state index in [9.17, 15) is 19.7 Å². The van der Waals surface area contributed by atoms with E-state index in [1.54, 1.807) is 4.68 Å². The molecule has 2 heterocycles. The van der Waals surface area contributed by atoms with E-state index in [-0.39, 0.29) is 17.6 Å². The van der Waals surface area contributed by atoms with Crippen molar-refractivity contribution in [1.82, 2.24) is 19.4 Å². The molecule has 0 atom stereocenters. The van der Waals surface area contributed by atoms with Gasteiger partial charge in [-0.25, -0.2) is 14.3 Å². The van der Waals surface area contributed by atoms with Crippen molar-refractivity contribution in [3.05, 3.63) is 62.8 Å². The summed E-state index contributed by atoms with van der Waals surface area (Å²) in [5, 5.41) is 15.2. The first-order chi connectivity index (χ1) is 12.7. The molecule has 140 valence electrons. The van der Waals surface area contributed by atoms with Crippen LogP contribution in [0.1, 0.15) is 26.3 Å². The number of carbonyl (C=O) groups excluding carboxylic acids is 1. The Labute approximate surface area is 153 Å². The van der Waals surface area contributed by atoms with Crippen molar-refractivity contribution < 1.29 is 9.72 Å². The SMILES string of the molecule is CC(C)(C)n1ncc2c(=O)n(NC(=O)Cc3ccc([N+](=O)[O-])cc3)cnc21. The van der Waals surface area contributed by atoms with Crippen LogP contribution in [-0.4, -0.2) is 30.3 Å². The topological polar surface area (TPSA) is 125 Å². The first kappa shape index (κ1) is 18.2. The quantitative estimate of drug-likeness (QED) is 0.549. The van der Waals surface area contributed by atoms with Crippen LogP contribution in [0.3, 0.4) is 0 Å². The zero-order valence-corrected chi connectivity index (χ0v) is 15.0. The largest absolute Gasteiger partial charge is 0.283 e. The normalized spacial score (nSPS) is 11.5. The summed E-state index contributed by atoms with van der Waals surface area (Å²) in [6.45, 7) is 5.83. The Morgan fingerprint density at radius 2 is 1.93 bits per heavy atom. The lowest BCUT2D eigenvalue weighted by molar-refractivity contribution is -0.384. The lowest BCUT2D eigenvalue weighted by Gasteiger charge is -2.19. The minimum atomic E-state index is -0.512. The molecule has 0 aliphatic carbocycles. The molecule has 0 fully saturated rings. The highest BCUT2D eigenvalue weighted by Crippen LogP contribution is 2.17. The van der Waals surface area contributed by atoms with Crippen molar-refractivity contribution in [2.45, 2.75) is 32.7 Å². The number of rotatable bonds is 4. The third kappa shape index (κ3) is 3.68. The van der Waals surface area contributed by atoms with Crippen molar-refractivity contribution in [2.75, 3.05) is 5.43 Å². The Balaban J connectivity index is 1.80. The molecule has 1 aromatic carbocycles. The van der Waals surface area contributed by atoms with Crippen LogP contribution in [0.2, 0.25) is 0 Å². The van der Waals surface area contributed by atoms with Gasteiger partial charge in [0.15, 0.2) is 5.65 Å². The van der Waals surface area contributed by atoms with Crippen molar-refractivity contribution in [2.24, 2.45) is 0 Å². The summed E-state index contributed by atoms with van der Waals surface area (Å²) in [6.07, 6.45) is 2.63. The second-order valence-corrected chi connectivity index (χ2v) is 7.02. The van der Waals surface area contributed by atoms with E-state index in [1.807, 2.05) is 20.8 Å². The minimum Gasteiger partial charge on any atom is -0.273 e. The number of hydrogen-bond donors (Lipinski definition) is 1. The van der Waals surface area contributed by atoms with E-state index in [4.69, 9.17) is 0 Å². The predicted octanol–water partition coefficient (Wildman–Crippen LogP) is 1.57. The minimum absolute atomic E-state index is 0.0380. The van der Waals surface area contributed by atoms with Crippen LogP contribution in [0.5, 0.6) is 0 Å². The van der Waals surface area contributed by atoms with Gasteiger partial charge in [-0.05, 0) is 26.3 Å². The summed E-state index contributed by atoms with van der Waals surface area (Å²) in [4.78, 5) is 39.1. The van der Waals surface area contributed by atoms with Gasteiger partial charge in [-0.1, -0.05) is 12.1 Å². The maximum Gasteiger partial charge on any atom is 0.283 e. The number of fused-ring (bicyclic) bond motifs is 1. The molecular weight excluding hydrogens is 352 g/mol. The fourth-order valence-corrected chi connectivity index (χ4v) is 2.58. The maximum atomic E-state index is 12.6. The number of non-ortho nitro benzene ring substituents is 1. The van der Waals surface area contributed by atoms with Crippen LogP contribution in [0.25, 0.3) is 11.0 Å².